The van der Waals surface area contributed by atoms with Crippen LogP contribution in [-0.4, -0.2) is 36.9 Å². The molecule has 0 bridgehead atoms. The molecule has 0 saturated heterocycles. The summed E-state index contributed by atoms with van der Waals surface area (Å²) in [6.07, 6.45) is 9.51. The third kappa shape index (κ3) is 3.59. The number of rotatable bonds is 5. The van der Waals surface area contributed by atoms with Crippen LogP contribution in [0.15, 0.2) is 55.1 Å². The fraction of sp³-hybridized carbons (Fsp3) is 0.227. The Morgan fingerprint density at radius 2 is 2.07 bits per heavy atom. The number of hydrogen-bond donors (Lipinski definition) is 2. The lowest BCUT2D eigenvalue weighted by atomic mass is 10.1. The Morgan fingerprint density at radius 1 is 1.17 bits per heavy atom. The van der Waals surface area contributed by atoms with Crippen LogP contribution in [0.5, 0.6) is 0 Å². The smallest absolute Gasteiger partial charge is 0.320 e. The molecule has 2 N–H and O–H groups in total. The highest BCUT2D eigenvalue weighted by Gasteiger charge is 2.25. The molecule has 150 valence electrons. The minimum atomic E-state index is -0.290. The molecule has 4 aromatic heterocycles. The minimum absolute atomic E-state index is 0.290. The second-order valence-corrected chi connectivity index (χ2v) is 7.29. The van der Waals surface area contributed by atoms with E-state index < -0.39 is 0 Å². The quantitative estimate of drug-likeness (QED) is 0.531. The second-order valence-electron chi connectivity index (χ2n) is 7.29. The van der Waals surface area contributed by atoms with Gasteiger partial charge in [0, 0.05) is 42.3 Å². The minimum Gasteiger partial charge on any atom is -0.338 e. The van der Waals surface area contributed by atoms with Gasteiger partial charge in [-0.2, -0.15) is 0 Å². The molecule has 0 spiro atoms. The van der Waals surface area contributed by atoms with E-state index in [2.05, 4.69) is 25.6 Å². The number of imidazole rings is 1. The van der Waals surface area contributed by atoms with Crippen molar-refractivity contribution in [3.63, 3.8) is 0 Å². The molecule has 1 fully saturated rings. The summed E-state index contributed by atoms with van der Waals surface area (Å²) in [4.78, 5) is 30.1. The lowest BCUT2D eigenvalue weighted by Crippen LogP contribution is -2.28. The molecule has 0 unspecified atom stereocenters. The van der Waals surface area contributed by atoms with Crippen LogP contribution in [-0.2, 0) is 0 Å². The van der Waals surface area contributed by atoms with Crippen molar-refractivity contribution in [1.29, 1.82) is 0 Å². The molecule has 0 aromatic carbocycles. The average molecular weight is 399 g/mol. The van der Waals surface area contributed by atoms with Gasteiger partial charge in [0.1, 0.15) is 5.65 Å². The summed E-state index contributed by atoms with van der Waals surface area (Å²) >= 11 is 0. The highest BCUT2D eigenvalue weighted by molar-refractivity contribution is 5.88. The van der Waals surface area contributed by atoms with Crippen LogP contribution < -0.4 is 10.6 Å². The first-order chi connectivity index (χ1) is 14.7. The first-order valence-electron chi connectivity index (χ1n) is 10.0. The Hall–Kier alpha value is -3.81. The predicted octanol–water partition coefficient (Wildman–Crippen LogP) is 3.87. The Labute approximate surface area is 173 Å². The van der Waals surface area contributed by atoms with E-state index in [1.54, 1.807) is 12.4 Å². The Balaban J connectivity index is 1.65. The van der Waals surface area contributed by atoms with Crippen LogP contribution in [0.25, 0.3) is 28.3 Å². The van der Waals surface area contributed by atoms with Gasteiger partial charge in [0.05, 0.1) is 11.9 Å². The number of carbonyl (C=O) groups excluding carboxylic acids is 1. The molecule has 4 heterocycles. The van der Waals surface area contributed by atoms with Gasteiger partial charge in [-0.1, -0.05) is 6.07 Å². The van der Waals surface area contributed by atoms with Crippen molar-refractivity contribution in [2.75, 3.05) is 11.9 Å². The highest BCUT2D eigenvalue weighted by Crippen LogP contribution is 2.39. The van der Waals surface area contributed by atoms with Crippen LogP contribution in [0.1, 0.15) is 31.4 Å². The molecular weight excluding hydrogens is 378 g/mol. The molecule has 2 amide bonds. The zero-order valence-corrected chi connectivity index (χ0v) is 16.5. The van der Waals surface area contributed by atoms with Crippen LogP contribution in [0, 0.1) is 0 Å². The summed E-state index contributed by atoms with van der Waals surface area (Å²) in [5.74, 6) is 1.63. The van der Waals surface area contributed by atoms with Gasteiger partial charge in [-0.15, -0.1) is 0 Å². The zero-order valence-electron chi connectivity index (χ0n) is 16.5. The zero-order chi connectivity index (χ0) is 20.5. The van der Waals surface area contributed by atoms with Gasteiger partial charge in [-0.25, -0.2) is 19.7 Å². The van der Waals surface area contributed by atoms with Gasteiger partial charge in [-0.3, -0.25) is 14.7 Å². The first kappa shape index (κ1) is 18.2. The molecule has 0 aliphatic heterocycles. The van der Waals surface area contributed by atoms with Crippen molar-refractivity contribution >= 4 is 17.5 Å². The first-order valence-corrected chi connectivity index (χ1v) is 10.0. The van der Waals surface area contributed by atoms with Crippen molar-refractivity contribution in [1.82, 2.24) is 29.7 Å². The predicted molar refractivity (Wildman–Crippen MR) is 114 cm³/mol. The van der Waals surface area contributed by atoms with Gasteiger partial charge in [0.2, 0.25) is 0 Å². The van der Waals surface area contributed by atoms with Gasteiger partial charge < -0.3 is 5.32 Å². The topological polar surface area (TPSA) is 97.1 Å². The molecule has 5 rings (SSSR count). The van der Waals surface area contributed by atoms with Crippen molar-refractivity contribution in [2.24, 2.45) is 0 Å². The monoisotopic (exact) mass is 399 g/mol. The summed E-state index contributed by atoms with van der Waals surface area (Å²) in [6.45, 7) is 2.41. The third-order valence-electron chi connectivity index (χ3n) is 5.05. The molecular formula is C22H21N7O. The molecule has 0 radical (unpaired) electrons. The van der Waals surface area contributed by atoms with Crippen LogP contribution in [0.2, 0.25) is 0 Å². The van der Waals surface area contributed by atoms with Gasteiger partial charge in [0.15, 0.2) is 11.6 Å². The van der Waals surface area contributed by atoms with E-state index in [0.717, 1.165) is 22.5 Å². The number of fused-ring (bicyclic) bond motifs is 1. The standard InChI is InChI=1S/C22H21N7O/c1-2-24-22(30)28-19-13-29-18(21-25-9-7-17(26-21)14-5-6-14)10-16(11-20(29)27-19)15-4-3-8-23-12-15/h3-4,7-14H,2,5-6H2,1H3,(H2,24,28,30). The van der Waals surface area contributed by atoms with E-state index in [-0.39, 0.29) is 6.03 Å². The van der Waals surface area contributed by atoms with E-state index in [4.69, 9.17) is 4.98 Å². The summed E-state index contributed by atoms with van der Waals surface area (Å²) in [7, 11) is 0. The fourth-order valence-corrected chi connectivity index (χ4v) is 3.44. The average Bonchev–Trinajstić information content (AvgIpc) is 3.54. The summed E-state index contributed by atoms with van der Waals surface area (Å²) in [5, 5.41) is 5.49. The maximum atomic E-state index is 12.0. The largest absolute Gasteiger partial charge is 0.338 e. The molecule has 1 aliphatic rings. The molecule has 8 heteroatoms. The number of anilines is 1. The summed E-state index contributed by atoms with van der Waals surface area (Å²) in [6, 6.07) is 9.60. The Kier molecular flexibility index (Phi) is 4.59. The number of aromatic nitrogens is 5. The van der Waals surface area contributed by atoms with Crippen molar-refractivity contribution in [3.05, 3.63) is 60.8 Å². The molecule has 4 aromatic rings. The Morgan fingerprint density at radius 3 is 2.83 bits per heavy atom. The van der Waals surface area contributed by atoms with E-state index in [9.17, 15) is 4.79 Å². The molecule has 1 saturated carbocycles. The van der Waals surface area contributed by atoms with Crippen LogP contribution in [0.3, 0.4) is 0 Å². The van der Waals surface area contributed by atoms with Gasteiger partial charge in [0.25, 0.3) is 0 Å². The summed E-state index contributed by atoms with van der Waals surface area (Å²) < 4.78 is 1.91. The molecule has 8 nitrogen and oxygen atoms in total. The number of pyridine rings is 2. The molecule has 0 atom stereocenters. The van der Waals surface area contributed by atoms with Crippen molar-refractivity contribution in [3.8, 4) is 22.6 Å². The maximum absolute atomic E-state index is 12.0. The second kappa shape index (κ2) is 7.55. The molecule has 1 aliphatic carbocycles. The molecule has 30 heavy (non-hydrogen) atoms. The van der Waals surface area contributed by atoms with Crippen LogP contribution >= 0.6 is 0 Å². The van der Waals surface area contributed by atoms with E-state index >= 15 is 0 Å². The van der Waals surface area contributed by atoms with E-state index in [1.807, 2.05) is 54.0 Å². The number of carbonyl (C=O) groups is 1. The fourth-order valence-electron chi connectivity index (χ4n) is 3.44. The van der Waals surface area contributed by atoms with Gasteiger partial charge in [-0.05, 0) is 49.6 Å². The van der Waals surface area contributed by atoms with Crippen molar-refractivity contribution < 1.29 is 4.79 Å². The number of nitrogens with one attached hydrogen (secondary N) is 2. The highest BCUT2D eigenvalue weighted by atomic mass is 16.2. The number of nitrogens with zero attached hydrogens (tertiary/aromatic N) is 5. The number of amides is 2. The maximum Gasteiger partial charge on any atom is 0.320 e. The normalized spacial score (nSPS) is 13.4. The van der Waals surface area contributed by atoms with E-state index in [0.29, 0.717) is 29.8 Å². The summed E-state index contributed by atoms with van der Waals surface area (Å²) in [5.41, 5.74) is 4.51. The Bertz CT molecular complexity index is 1210. The number of hydrogen-bond acceptors (Lipinski definition) is 5. The van der Waals surface area contributed by atoms with Gasteiger partial charge >= 0.3 is 6.03 Å². The van der Waals surface area contributed by atoms with Crippen LogP contribution in [0.4, 0.5) is 10.6 Å². The van der Waals surface area contributed by atoms with Crippen molar-refractivity contribution in [2.45, 2.75) is 25.7 Å². The van der Waals surface area contributed by atoms with E-state index in [1.165, 1.54) is 12.8 Å². The lowest BCUT2D eigenvalue weighted by Gasteiger charge is -2.09. The SMILES string of the molecule is CCNC(=O)Nc1cn2c(-c3nccc(C4CC4)n3)cc(-c3cccnc3)cc2n1. The number of urea groups is 1. The lowest BCUT2D eigenvalue weighted by molar-refractivity contribution is 0.252. The third-order valence-corrected chi connectivity index (χ3v) is 5.05.